The first-order chi connectivity index (χ1) is 9.74. The molecule has 0 atom stereocenters. The van der Waals surface area contributed by atoms with Crippen LogP contribution in [0.25, 0.3) is 11.5 Å². The van der Waals surface area contributed by atoms with E-state index in [-0.39, 0.29) is 11.6 Å². The largest absolute Gasteiger partial charge is 0.479 e. The summed E-state index contributed by atoms with van der Waals surface area (Å²) in [6.45, 7) is 0. The highest BCUT2D eigenvalue weighted by molar-refractivity contribution is 9.10. The molecule has 3 rings (SSSR count). The fraction of sp³-hybridized carbons (Fsp3) is 0. The number of halogens is 1. The van der Waals surface area contributed by atoms with Crippen LogP contribution in [0.15, 0.2) is 43.7 Å². The van der Waals surface area contributed by atoms with Crippen LogP contribution in [0.2, 0.25) is 0 Å². The number of aliphatic imine (C=N–C) groups is 1. The van der Waals surface area contributed by atoms with Crippen molar-refractivity contribution in [1.82, 2.24) is 15.2 Å². The van der Waals surface area contributed by atoms with Gasteiger partial charge >= 0.3 is 5.95 Å². The summed E-state index contributed by atoms with van der Waals surface area (Å²) in [5.74, 6) is 0.0257. The van der Waals surface area contributed by atoms with Crippen molar-refractivity contribution >= 4 is 38.6 Å². The Morgan fingerprint density at radius 2 is 2.20 bits per heavy atom. The number of nitrogens with zero attached hydrogens (tertiary/aromatic N) is 4. The molecule has 2 heterocycles. The van der Waals surface area contributed by atoms with Crippen molar-refractivity contribution in [2.24, 2.45) is 4.99 Å². The SMILES string of the molecule is Oc1oc(-c2ccccc2Br)nc1/C=N/c1nncs1. The molecule has 0 unspecified atom stereocenters. The second-order valence-corrected chi connectivity index (χ2v) is 5.33. The van der Waals surface area contributed by atoms with Crippen molar-refractivity contribution in [3.05, 3.63) is 39.9 Å². The van der Waals surface area contributed by atoms with E-state index in [1.807, 2.05) is 24.3 Å². The standard InChI is InChI=1S/C12H7BrN4O2S/c13-8-4-2-1-3-7(8)10-16-9(11(18)19-10)5-14-12-17-15-6-20-12/h1-6,18H/b14-5+. The minimum Gasteiger partial charge on any atom is -0.479 e. The van der Waals surface area contributed by atoms with Gasteiger partial charge in [-0.3, -0.25) is 0 Å². The van der Waals surface area contributed by atoms with Crippen LogP contribution in [0.1, 0.15) is 5.69 Å². The lowest BCUT2D eigenvalue weighted by atomic mass is 10.2. The molecule has 100 valence electrons. The number of benzene rings is 1. The van der Waals surface area contributed by atoms with Gasteiger partial charge in [-0.05, 0) is 28.1 Å². The second kappa shape index (κ2) is 5.51. The van der Waals surface area contributed by atoms with Gasteiger partial charge in [0.25, 0.3) is 0 Å². The summed E-state index contributed by atoms with van der Waals surface area (Å²) in [5, 5.41) is 17.7. The third-order valence-electron chi connectivity index (χ3n) is 2.38. The highest BCUT2D eigenvalue weighted by atomic mass is 79.9. The number of hydrogen-bond donors (Lipinski definition) is 1. The van der Waals surface area contributed by atoms with E-state index in [1.54, 1.807) is 5.51 Å². The van der Waals surface area contributed by atoms with Crippen LogP contribution in [-0.4, -0.2) is 26.5 Å². The Labute approximate surface area is 126 Å². The minimum atomic E-state index is -0.288. The average molecular weight is 351 g/mol. The van der Waals surface area contributed by atoms with Gasteiger partial charge < -0.3 is 9.52 Å². The first kappa shape index (κ1) is 12.9. The molecule has 3 aromatic rings. The number of hydrogen-bond acceptors (Lipinski definition) is 7. The first-order valence-corrected chi connectivity index (χ1v) is 7.16. The van der Waals surface area contributed by atoms with Crippen LogP contribution >= 0.6 is 27.3 Å². The van der Waals surface area contributed by atoms with Gasteiger partial charge in [0, 0.05) is 4.47 Å². The number of aromatic nitrogens is 3. The average Bonchev–Trinajstić information content (AvgIpc) is 3.07. The summed E-state index contributed by atoms with van der Waals surface area (Å²) in [7, 11) is 0. The van der Waals surface area contributed by atoms with E-state index in [4.69, 9.17) is 4.42 Å². The van der Waals surface area contributed by atoms with E-state index in [9.17, 15) is 5.11 Å². The molecule has 0 saturated carbocycles. The monoisotopic (exact) mass is 350 g/mol. The van der Waals surface area contributed by atoms with Gasteiger partial charge in [-0.1, -0.05) is 23.5 Å². The van der Waals surface area contributed by atoms with Crippen LogP contribution in [0.3, 0.4) is 0 Å². The van der Waals surface area contributed by atoms with Gasteiger partial charge in [-0.25, -0.2) is 9.98 Å². The third kappa shape index (κ3) is 2.61. The Morgan fingerprint density at radius 1 is 1.35 bits per heavy atom. The predicted octanol–water partition coefficient (Wildman–Crippen LogP) is 3.41. The van der Waals surface area contributed by atoms with Crippen LogP contribution in [0, 0.1) is 0 Å². The molecule has 20 heavy (non-hydrogen) atoms. The molecule has 0 amide bonds. The minimum absolute atomic E-state index is 0.242. The Morgan fingerprint density at radius 3 is 2.95 bits per heavy atom. The Hall–Kier alpha value is -2.06. The molecule has 6 nitrogen and oxygen atoms in total. The van der Waals surface area contributed by atoms with Crippen LogP contribution in [-0.2, 0) is 0 Å². The summed E-state index contributed by atoms with van der Waals surface area (Å²) < 4.78 is 6.07. The molecular weight excluding hydrogens is 344 g/mol. The van der Waals surface area contributed by atoms with E-state index in [2.05, 4.69) is 36.1 Å². The molecule has 2 aromatic heterocycles. The lowest BCUT2D eigenvalue weighted by Crippen LogP contribution is -1.83. The van der Waals surface area contributed by atoms with Crippen molar-refractivity contribution in [2.45, 2.75) is 0 Å². The number of rotatable bonds is 3. The quantitative estimate of drug-likeness (QED) is 0.731. The van der Waals surface area contributed by atoms with Crippen molar-refractivity contribution in [3.63, 3.8) is 0 Å². The van der Waals surface area contributed by atoms with Crippen LogP contribution in [0.5, 0.6) is 5.95 Å². The number of oxazole rings is 1. The summed E-state index contributed by atoms with van der Waals surface area (Å²) >= 11 is 4.69. The molecule has 8 heteroatoms. The normalized spacial score (nSPS) is 11.2. The molecule has 0 aliphatic heterocycles. The summed E-state index contributed by atoms with van der Waals surface area (Å²) in [4.78, 5) is 8.25. The topological polar surface area (TPSA) is 84.4 Å². The van der Waals surface area contributed by atoms with Gasteiger partial charge in [0.15, 0.2) is 5.69 Å². The molecule has 1 N–H and O–H groups in total. The maximum absolute atomic E-state index is 9.74. The predicted molar refractivity (Wildman–Crippen MR) is 78.5 cm³/mol. The Kier molecular flexibility index (Phi) is 3.57. The Bertz CT molecular complexity index is 755. The lowest BCUT2D eigenvalue weighted by molar-refractivity contribution is 0.337. The fourth-order valence-corrected chi connectivity index (χ4v) is 2.35. The summed E-state index contributed by atoms with van der Waals surface area (Å²) in [5.41, 5.74) is 2.56. The van der Waals surface area contributed by atoms with Gasteiger partial charge in [0.05, 0.1) is 11.8 Å². The molecule has 1 aromatic carbocycles. The summed E-state index contributed by atoms with van der Waals surface area (Å²) in [6.07, 6.45) is 1.39. The molecule has 0 saturated heterocycles. The smallest absolute Gasteiger partial charge is 0.312 e. The maximum atomic E-state index is 9.74. The fourth-order valence-electron chi connectivity index (χ4n) is 1.50. The molecule has 0 spiro atoms. The molecule has 0 aliphatic carbocycles. The van der Waals surface area contributed by atoms with Gasteiger partial charge in [0.2, 0.25) is 11.0 Å². The highest BCUT2D eigenvalue weighted by Gasteiger charge is 2.14. The van der Waals surface area contributed by atoms with Crippen molar-refractivity contribution in [1.29, 1.82) is 0 Å². The van der Waals surface area contributed by atoms with E-state index < -0.39 is 0 Å². The molecule has 0 aliphatic rings. The first-order valence-electron chi connectivity index (χ1n) is 5.49. The Balaban J connectivity index is 1.94. The van der Waals surface area contributed by atoms with Crippen molar-refractivity contribution in [3.8, 4) is 17.4 Å². The molecule has 0 bridgehead atoms. The molecule has 0 fully saturated rings. The zero-order chi connectivity index (χ0) is 13.9. The van der Waals surface area contributed by atoms with Crippen molar-refractivity contribution in [2.75, 3.05) is 0 Å². The van der Waals surface area contributed by atoms with E-state index in [0.29, 0.717) is 11.0 Å². The van der Waals surface area contributed by atoms with E-state index >= 15 is 0 Å². The van der Waals surface area contributed by atoms with Crippen molar-refractivity contribution < 1.29 is 9.52 Å². The van der Waals surface area contributed by atoms with E-state index in [1.165, 1.54) is 17.6 Å². The van der Waals surface area contributed by atoms with Gasteiger partial charge in [-0.15, -0.1) is 10.2 Å². The molecule has 0 radical (unpaired) electrons. The zero-order valence-corrected chi connectivity index (χ0v) is 12.3. The summed E-state index contributed by atoms with van der Waals surface area (Å²) in [6, 6.07) is 7.44. The maximum Gasteiger partial charge on any atom is 0.312 e. The highest BCUT2D eigenvalue weighted by Crippen LogP contribution is 2.31. The third-order valence-corrected chi connectivity index (χ3v) is 3.67. The van der Waals surface area contributed by atoms with Crippen LogP contribution in [0.4, 0.5) is 5.13 Å². The van der Waals surface area contributed by atoms with Gasteiger partial charge in [-0.2, -0.15) is 0 Å². The lowest BCUT2D eigenvalue weighted by Gasteiger charge is -1.96. The molecular formula is C12H7BrN4O2S. The van der Waals surface area contributed by atoms with Crippen LogP contribution < -0.4 is 0 Å². The van der Waals surface area contributed by atoms with Gasteiger partial charge in [0.1, 0.15) is 5.51 Å². The second-order valence-electron chi connectivity index (χ2n) is 3.67. The number of aromatic hydroxyl groups is 1. The van der Waals surface area contributed by atoms with E-state index in [0.717, 1.165) is 10.0 Å². The zero-order valence-electron chi connectivity index (χ0n) is 9.89.